The van der Waals surface area contributed by atoms with Gasteiger partial charge >= 0.3 is 0 Å². The molecule has 0 atom stereocenters. The fourth-order valence-corrected chi connectivity index (χ4v) is 1.73. The molecule has 1 amide bonds. The molecule has 0 aliphatic rings. The summed E-state index contributed by atoms with van der Waals surface area (Å²) in [6.07, 6.45) is 0. The highest BCUT2D eigenvalue weighted by atomic mass is 32.1. The highest BCUT2D eigenvalue weighted by molar-refractivity contribution is 7.80. The highest BCUT2D eigenvalue weighted by Crippen LogP contribution is 2.12. The number of thiocarbonyl (C=S) groups is 1. The molecule has 0 spiro atoms. The van der Waals surface area contributed by atoms with Gasteiger partial charge < -0.3 is 15.8 Å². The predicted molar refractivity (Wildman–Crippen MR) is 82.9 cm³/mol. The molecule has 0 aliphatic carbocycles. The van der Waals surface area contributed by atoms with Crippen LogP contribution < -0.4 is 15.8 Å². The van der Waals surface area contributed by atoms with Crippen LogP contribution in [0.1, 0.15) is 5.56 Å². The van der Waals surface area contributed by atoms with E-state index in [0.29, 0.717) is 16.4 Å². The van der Waals surface area contributed by atoms with Crippen molar-refractivity contribution in [3.63, 3.8) is 0 Å². The third-order valence-electron chi connectivity index (χ3n) is 2.64. The number of nitrogens with two attached hydrogens (primary N) is 1. The van der Waals surface area contributed by atoms with Crippen LogP contribution in [0.25, 0.3) is 0 Å². The number of nitrogens with one attached hydrogen (secondary N) is 1. The second kappa shape index (κ2) is 6.81. The Labute approximate surface area is 126 Å². The standard InChI is InChI=1S/C15H13FN2O2S/c16-11-3-7-13(8-4-11)20-9-14(19)18-12-5-1-10(2-6-12)15(17)21/h1-8H,9H2,(H2,17,21)(H,18,19). The van der Waals surface area contributed by atoms with Gasteiger partial charge in [-0.15, -0.1) is 0 Å². The van der Waals surface area contributed by atoms with E-state index >= 15 is 0 Å². The number of hydrogen-bond acceptors (Lipinski definition) is 3. The van der Waals surface area contributed by atoms with Gasteiger partial charge in [0.05, 0.1) is 0 Å². The number of hydrogen-bond donors (Lipinski definition) is 2. The molecule has 0 saturated heterocycles. The lowest BCUT2D eigenvalue weighted by molar-refractivity contribution is -0.118. The van der Waals surface area contributed by atoms with Gasteiger partial charge in [0.15, 0.2) is 6.61 Å². The fraction of sp³-hybridized carbons (Fsp3) is 0.0667. The van der Waals surface area contributed by atoms with E-state index in [-0.39, 0.29) is 18.3 Å². The summed E-state index contributed by atoms with van der Waals surface area (Å²) in [5.74, 6) is -0.248. The first kappa shape index (κ1) is 14.9. The average molecular weight is 304 g/mol. The summed E-state index contributed by atoms with van der Waals surface area (Å²) in [6.45, 7) is -0.164. The van der Waals surface area contributed by atoms with Gasteiger partial charge in [-0.3, -0.25) is 4.79 Å². The molecule has 0 heterocycles. The van der Waals surface area contributed by atoms with Crippen LogP contribution in [0, 0.1) is 5.82 Å². The van der Waals surface area contributed by atoms with Crippen LogP contribution in [0.5, 0.6) is 5.75 Å². The van der Waals surface area contributed by atoms with E-state index in [1.165, 1.54) is 24.3 Å². The van der Waals surface area contributed by atoms with E-state index in [1.54, 1.807) is 24.3 Å². The second-order valence-corrected chi connectivity index (χ2v) is 4.67. The molecule has 0 saturated carbocycles. The lowest BCUT2D eigenvalue weighted by atomic mass is 10.2. The lowest BCUT2D eigenvalue weighted by Crippen LogP contribution is -2.20. The first-order valence-electron chi connectivity index (χ1n) is 6.12. The van der Waals surface area contributed by atoms with E-state index < -0.39 is 0 Å². The van der Waals surface area contributed by atoms with Crippen LogP contribution in [0.15, 0.2) is 48.5 Å². The maximum atomic E-state index is 12.7. The Morgan fingerprint density at radius 2 is 1.76 bits per heavy atom. The third kappa shape index (κ3) is 4.54. The summed E-state index contributed by atoms with van der Waals surface area (Å²) >= 11 is 4.84. The van der Waals surface area contributed by atoms with Gasteiger partial charge in [-0.05, 0) is 48.5 Å². The summed E-state index contributed by atoms with van der Waals surface area (Å²) in [5.41, 5.74) is 6.83. The summed E-state index contributed by atoms with van der Waals surface area (Å²) in [7, 11) is 0. The van der Waals surface area contributed by atoms with Crippen molar-refractivity contribution in [3.8, 4) is 5.75 Å². The SMILES string of the molecule is NC(=S)c1ccc(NC(=O)COc2ccc(F)cc2)cc1. The Morgan fingerprint density at radius 1 is 1.14 bits per heavy atom. The Kier molecular flexibility index (Phi) is 4.84. The number of amides is 1. The monoisotopic (exact) mass is 304 g/mol. The van der Waals surface area contributed by atoms with Crippen LogP contribution >= 0.6 is 12.2 Å². The third-order valence-corrected chi connectivity index (χ3v) is 2.87. The van der Waals surface area contributed by atoms with E-state index in [4.69, 9.17) is 22.7 Å². The van der Waals surface area contributed by atoms with Crippen LogP contribution in [0.2, 0.25) is 0 Å². The number of benzene rings is 2. The molecular weight excluding hydrogens is 291 g/mol. The Morgan fingerprint density at radius 3 is 2.33 bits per heavy atom. The minimum Gasteiger partial charge on any atom is -0.484 e. The zero-order valence-corrected chi connectivity index (χ0v) is 11.8. The van der Waals surface area contributed by atoms with Gasteiger partial charge in [-0.25, -0.2) is 4.39 Å². The Hall–Kier alpha value is -2.47. The minimum absolute atomic E-state index is 0.164. The number of ether oxygens (including phenoxy) is 1. The van der Waals surface area contributed by atoms with Crippen molar-refractivity contribution in [1.29, 1.82) is 0 Å². The topological polar surface area (TPSA) is 64.3 Å². The van der Waals surface area contributed by atoms with Gasteiger partial charge in [0.25, 0.3) is 5.91 Å². The molecule has 0 bridgehead atoms. The Bertz CT molecular complexity index is 642. The van der Waals surface area contributed by atoms with Crippen molar-refractivity contribution < 1.29 is 13.9 Å². The molecule has 0 unspecified atom stereocenters. The molecule has 0 aliphatic heterocycles. The molecule has 0 radical (unpaired) electrons. The number of anilines is 1. The normalized spacial score (nSPS) is 9.95. The number of carbonyl (C=O) groups excluding carboxylic acids is 1. The molecule has 6 heteroatoms. The van der Waals surface area contributed by atoms with Crippen LogP contribution in [-0.4, -0.2) is 17.5 Å². The van der Waals surface area contributed by atoms with Gasteiger partial charge in [0.1, 0.15) is 16.6 Å². The smallest absolute Gasteiger partial charge is 0.262 e. The van der Waals surface area contributed by atoms with Crippen LogP contribution in [0.3, 0.4) is 0 Å². The van der Waals surface area contributed by atoms with Gasteiger partial charge in [0.2, 0.25) is 0 Å². The molecule has 0 aromatic heterocycles. The maximum Gasteiger partial charge on any atom is 0.262 e. The summed E-state index contributed by atoms with van der Waals surface area (Å²) < 4.78 is 17.9. The summed E-state index contributed by atoms with van der Waals surface area (Å²) in [5, 5.41) is 2.67. The average Bonchev–Trinajstić information content (AvgIpc) is 2.47. The fourth-order valence-electron chi connectivity index (χ4n) is 1.59. The van der Waals surface area contributed by atoms with Crippen molar-refractivity contribution in [2.45, 2.75) is 0 Å². The number of halogens is 1. The van der Waals surface area contributed by atoms with Gasteiger partial charge in [-0.1, -0.05) is 12.2 Å². The zero-order valence-electron chi connectivity index (χ0n) is 11.0. The maximum absolute atomic E-state index is 12.7. The van der Waals surface area contributed by atoms with E-state index in [1.807, 2.05) is 0 Å². The Balaban J connectivity index is 1.86. The van der Waals surface area contributed by atoms with Crippen LogP contribution in [-0.2, 0) is 4.79 Å². The van der Waals surface area contributed by atoms with Gasteiger partial charge in [-0.2, -0.15) is 0 Å². The predicted octanol–water partition coefficient (Wildman–Crippen LogP) is 2.48. The number of rotatable bonds is 5. The molecule has 2 aromatic rings. The minimum atomic E-state index is -0.357. The van der Waals surface area contributed by atoms with E-state index in [0.717, 1.165) is 5.56 Å². The quantitative estimate of drug-likeness (QED) is 0.833. The van der Waals surface area contributed by atoms with Crippen molar-refractivity contribution in [1.82, 2.24) is 0 Å². The first-order valence-corrected chi connectivity index (χ1v) is 6.53. The lowest BCUT2D eigenvalue weighted by Gasteiger charge is -2.08. The van der Waals surface area contributed by atoms with Gasteiger partial charge in [0, 0.05) is 11.3 Å². The highest BCUT2D eigenvalue weighted by Gasteiger charge is 2.04. The molecule has 3 N–H and O–H groups in total. The summed E-state index contributed by atoms with van der Waals surface area (Å²) in [4.78, 5) is 12.0. The zero-order chi connectivity index (χ0) is 15.2. The molecule has 108 valence electrons. The molecule has 2 aromatic carbocycles. The van der Waals surface area contributed by atoms with Crippen molar-refractivity contribution in [3.05, 3.63) is 59.9 Å². The van der Waals surface area contributed by atoms with Crippen molar-refractivity contribution in [2.24, 2.45) is 5.73 Å². The molecule has 0 fully saturated rings. The van der Waals surface area contributed by atoms with Crippen LogP contribution in [0.4, 0.5) is 10.1 Å². The second-order valence-electron chi connectivity index (χ2n) is 4.23. The van der Waals surface area contributed by atoms with Crippen molar-refractivity contribution in [2.75, 3.05) is 11.9 Å². The molecular formula is C15H13FN2O2S. The van der Waals surface area contributed by atoms with E-state index in [2.05, 4.69) is 5.32 Å². The molecule has 4 nitrogen and oxygen atoms in total. The largest absolute Gasteiger partial charge is 0.484 e. The molecule has 21 heavy (non-hydrogen) atoms. The van der Waals surface area contributed by atoms with E-state index in [9.17, 15) is 9.18 Å². The number of carbonyl (C=O) groups is 1. The summed E-state index contributed by atoms with van der Waals surface area (Å²) in [6, 6.07) is 12.3. The molecule has 2 rings (SSSR count). The first-order chi connectivity index (χ1) is 10.0. The van der Waals surface area contributed by atoms with Crippen molar-refractivity contribution >= 4 is 28.8 Å².